The van der Waals surface area contributed by atoms with Gasteiger partial charge in [-0.1, -0.05) is 24.3 Å². The predicted octanol–water partition coefficient (Wildman–Crippen LogP) is 3.73. The summed E-state index contributed by atoms with van der Waals surface area (Å²) < 4.78 is 15.9. The van der Waals surface area contributed by atoms with Crippen LogP contribution in [0.3, 0.4) is 0 Å². The zero-order valence-corrected chi connectivity index (χ0v) is 18.4. The van der Waals surface area contributed by atoms with E-state index in [1.165, 1.54) is 7.11 Å². The number of hydrogen-bond acceptors (Lipinski definition) is 7. The van der Waals surface area contributed by atoms with Crippen LogP contribution in [0.1, 0.15) is 23.1 Å². The van der Waals surface area contributed by atoms with E-state index in [1.54, 1.807) is 20.4 Å². The Morgan fingerprint density at radius 2 is 1.41 bits per heavy atom. The Bertz CT molecular complexity index is 973. The van der Waals surface area contributed by atoms with Crippen LogP contribution in [0.25, 0.3) is 0 Å². The Kier molecular flexibility index (Phi) is 7.85. The molecule has 2 aromatic carbocycles. The van der Waals surface area contributed by atoms with Crippen LogP contribution >= 0.6 is 0 Å². The number of carboxylic acids is 1. The summed E-state index contributed by atoms with van der Waals surface area (Å²) in [5.74, 6) is 1.57. The number of methoxy groups -OCH3 is 3. The van der Waals surface area contributed by atoms with Gasteiger partial charge in [-0.2, -0.15) is 4.98 Å². The van der Waals surface area contributed by atoms with Gasteiger partial charge < -0.3 is 24.2 Å². The van der Waals surface area contributed by atoms with Crippen LogP contribution in [0.5, 0.6) is 17.4 Å². The Balaban J connectivity index is 1.89. The molecular formula is C24H27N3O5. The first-order chi connectivity index (χ1) is 15.5. The predicted molar refractivity (Wildman–Crippen MR) is 120 cm³/mol. The molecule has 1 heterocycles. The number of rotatable bonds is 11. The number of carboxylic acid groups (broad SMARTS) is 1. The lowest BCUT2D eigenvalue weighted by molar-refractivity contribution is -0.136. The van der Waals surface area contributed by atoms with Crippen molar-refractivity contribution in [2.75, 3.05) is 26.2 Å². The highest BCUT2D eigenvalue weighted by atomic mass is 16.5. The average Bonchev–Trinajstić information content (AvgIpc) is 2.83. The zero-order valence-electron chi connectivity index (χ0n) is 18.4. The second-order valence-corrected chi connectivity index (χ2v) is 7.15. The number of aliphatic carboxylic acids is 1. The van der Waals surface area contributed by atoms with Crippen LogP contribution in [-0.2, 0) is 24.3 Å². The van der Waals surface area contributed by atoms with E-state index in [2.05, 4.69) is 9.97 Å². The van der Waals surface area contributed by atoms with Crippen LogP contribution in [0, 0.1) is 0 Å². The summed E-state index contributed by atoms with van der Waals surface area (Å²) in [6.07, 6.45) is 1.93. The minimum atomic E-state index is -0.878. The van der Waals surface area contributed by atoms with Crippen LogP contribution in [0.2, 0.25) is 0 Å². The number of ether oxygens (including phenoxy) is 3. The molecule has 0 unspecified atom stereocenters. The standard InChI is InChI=1S/C24H27N3O5/c1-30-20-9-4-17(5-10-20)15-27(16-18-6-11-21(31-2)12-7-18)24-25-14-19(8-13-22(28)29)23(26-24)32-3/h4-7,9-12,14H,8,13,15-16H2,1-3H3,(H,28,29). The maximum atomic E-state index is 10.9. The van der Waals surface area contributed by atoms with Crippen molar-refractivity contribution < 1.29 is 24.1 Å². The number of benzene rings is 2. The number of aryl methyl sites for hydroxylation is 1. The third-order valence-electron chi connectivity index (χ3n) is 4.96. The first-order valence-electron chi connectivity index (χ1n) is 10.1. The lowest BCUT2D eigenvalue weighted by Gasteiger charge is -2.24. The van der Waals surface area contributed by atoms with E-state index in [-0.39, 0.29) is 6.42 Å². The third-order valence-corrected chi connectivity index (χ3v) is 4.96. The molecular weight excluding hydrogens is 410 g/mol. The van der Waals surface area contributed by atoms with Gasteiger partial charge in [0.05, 0.1) is 21.3 Å². The SMILES string of the molecule is COc1ccc(CN(Cc2ccc(OC)cc2)c2ncc(CCC(=O)O)c(OC)n2)cc1. The molecule has 32 heavy (non-hydrogen) atoms. The molecule has 0 aliphatic carbocycles. The monoisotopic (exact) mass is 437 g/mol. The van der Waals surface area contributed by atoms with E-state index >= 15 is 0 Å². The summed E-state index contributed by atoms with van der Waals surface area (Å²) >= 11 is 0. The zero-order chi connectivity index (χ0) is 22.9. The minimum Gasteiger partial charge on any atom is -0.497 e. The molecule has 0 radical (unpaired) electrons. The van der Waals surface area contributed by atoms with Gasteiger partial charge in [0.1, 0.15) is 11.5 Å². The summed E-state index contributed by atoms with van der Waals surface area (Å²) in [5.41, 5.74) is 2.79. The summed E-state index contributed by atoms with van der Waals surface area (Å²) in [6, 6.07) is 15.6. The third kappa shape index (κ3) is 6.10. The molecule has 1 N–H and O–H groups in total. The molecule has 0 saturated heterocycles. The molecule has 0 atom stereocenters. The van der Waals surface area contributed by atoms with Crippen LogP contribution in [-0.4, -0.2) is 42.4 Å². The quantitative estimate of drug-likeness (QED) is 0.485. The fourth-order valence-corrected chi connectivity index (χ4v) is 3.22. The van der Waals surface area contributed by atoms with E-state index in [4.69, 9.17) is 19.3 Å². The highest BCUT2D eigenvalue weighted by Gasteiger charge is 2.16. The normalized spacial score (nSPS) is 10.5. The molecule has 0 saturated carbocycles. The number of anilines is 1. The van der Waals surface area contributed by atoms with E-state index < -0.39 is 5.97 Å². The highest BCUT2D eigenvalue weighted by Crippen LogP contribution is 2.24. The smallest absolute Gasteiger partial charge is 0.303 e. The van der Waals surface area contributed by atoms with E-state index in [1.807, 2.05) is 53.4 Å². The first-order valence-corrected chi connectivity index (χ1v) is 10.1. The molecule has 3 rings (SSSR count). The van der Waals surface area contributed by atoms with Crippen molar-refractivity contribution in [3.63, 3.8) is 0 Å². The maximum absolute atomic E-state index is 10.9. The molecule has 1 aromatic heterocycles. The largest absolute Gasteiger partial charge is 0.497 e. The average molecular weight is 437 g/mol. The van der Waals surface area contributed by atoms with Gasteiger partial charge in [-0.3, -0.25) is 4.79 Å². The van der Waals surface area contributed by atoms with Crippen molar-refractivity contribution in [1.29, 1.82) is 0 Å². The summed E-state index contributed by atoms with van der Waals surface area (Å²) in [7, 11) is 4.79. The highest BCUT2D eigenvalue weighted by molar-refractivity contribution is 5.67. The Labute approximate surface area is 187 Å². The second kappa shape index (κ2) is 11.0. The Morgan fingerprint density at radius 1 is 0.875 bits per heavy atom. The van der Waals surface area contributed by atoms with Gasteiger partial charge in [-0.25, -0.2) is 4.98 Å². The molecule has 0 amide bonds. The van der Waals surface area contributed by atoms with E-state index in [9.17, 15) is 4.79 Å². The van der Waals surface area contributed by atoms with Crippen molar-refractivity contribution in [1.82, 2.24) is 9.97 Å². The number of hydrogen-bond donors (Lipinski definition) is 1. The van der Waals surface area contributed by atoms with Crippen LogP contribution < -0.4 is 19.1 Å². The van der Waals surface area contributed by atoms with E-state index in [0.29, 0.717) is 36.9 Å². The van der Waals surface area contributed by atoms with Gasteiger partial charge in [-0.05, 0) is 41.8 Å². The first kappa shape index (κ1) is 22.9. The summed E-state index contributed by atoms with van der Waals surface area (Å²) in [5, 5.41) is 8.98. The van der Waals surface area contributed by atoms with Gasteiger partial charge in [0, 0.05) is 31.3 Å². The van der Waals surface area contributed by atoms with Gasteiger partial charge in [0.2, 0.25) is 11.8 Å². The molecule has 0 spiro atoms. The Morgan fingerprint density at radius 3 is 1.84 bits per heavy atom. The van der Waals surface area contributed by atoms with Crippen molar-refractivity contribution in [3.05, 3.63) is 71.4 Å². The van der Waals surface area contributed by atoms with Crippen molar-refractivity contribution >= 4 is 11.9 Å². The lowest BCUT2D eigenvalue weighted by Crippen LogP contribution is -2.24. The van der Waals surface area contributed by atoms with Crippen LogP contribution in [0.4, 0.5) is 5.95 Å². The van der Waals surface area contributed by atoms with Gasteiger partial charge >= 0.3 is 5.97 Å². The number of nitrogens with zero attached hydrogens (tertiary/aromatic N) is 3. The topological polar surface area (TPSA) is 94.0 Å². The fourth-order valence-electron chi connectivity index (χ4n) is 3.22. The van der Waals surface area contributed by atoms with Gasteiger partial charge in [0.25, 0.3) is 0 Å². The van der Waals surface area contributed by atoms with Crippen molar-refractivity contribution in [3.8, 4) is 17.4 Å². The van der Waals surface area contributed by atoms with Crippen molar-refractivity contribution in [2.45, 2.75) is 25.9 Å². The van der Waals surface area contributed by atoms with Gasteiger partial charge in [-0.15, -0.1) is 0 Å². The molecule has 0 fully saturated rings. The molecule has 168 valence electrons. The number of aromatic nitrogens is 2. The molecule has 0 aliphatic rings. The maximum Gasteiger partial charge on any atom is 0.303 e. The summed E-state index contributed by atoms with van der Waals surface area (Å²) in [4.78, 5) is 22.1. The molecule has 8 nitrogen and oxygen atoms in total. The Hall–Kier alpha value is -3.81. The molecule has 8 heteroatoms. The molecule has 0 bridgehead atoms. The van der Waals surface area contributed by atoms with Crippen molar-refractivity contribution in [2.24, 2.45) is 0 Å². The lowest BCUT2D eigenvalue weighted by atomic mass is 10.1. The number of carbonyl (C=O) groups is 1. The molecule has 3 aromatic rings. The van der Waals surface area contributed by atoms with Crippen LogP contribution in [0.15, 0.2) is 54.7 Å². The minimum absolute atomic E-state index is 0.0134. The van der Waals surface area contributed by atoms with Gasteiger partial charge in [0.15, 0.2) is 0 Å². The summed E-state index contributed by atoms with van der Waals surface area (Å²) in [6.45, 7) is 1.13. The second-order valence-electron chi connectivity index (χ2n) is 7.15. The fraction of sp³-hybridized carbons (Fsp3) is 0.292. The molecule has 0 aliphatic heterocycles. The van der Waals surface area contributed by atoms with E-state index in [0.717, 1.165) is 22.6 Å².